The number of nitrogens with one attached hydrogen (secondary N) is 1. The van der Waals surface area contributed by atoms with E-state index in [2.05, 4.69) is 20.5 Å². The maximum atomic E-state index is 11.3. The van der Waals surface area contributed by atoms with Gasteiger partial charge in [-0.05, 0) is 25.7 Å². The summed E-state index contributed by atoms with van der Waals surface area (Å²) in [5.74, 6) is 0.656. The van der Waals surface area contributed by atoms with Crippen LogP contribution in [0, 0.1) is 18.8 Å². The number of fused-ring (bicyclic) bond motifs is 1. The Balaban J connectivity index is 1.75. The van der Waals surface area contributed by atoms with Crippen LogP contribution in [-0.4, -0.2) is 37.2 Å². The Kier molecular flexibility index (Phi) is 3.72. The van der Waals surface area contributed by atoms with Crippen LogP contribution in [0.5, 0.6) is 0 Å². The van der Waals surface area contributed by atoms with E-state index in [1.807, 2.05) is 17.5 Å². The molecule has 0 saturated heterocycles. The van der Waals surface area contributed by atoms with Crippen molar-refractivity contribution in [2.75, 3.05) is 11.9 Å². The number of aliphatic carboxylic acids is 1. The van der Waals surface area contributed by atoms with Crippen molar-refractivity contribution in [2.24, 2.45) is 11.8 Å². The number of carboxylic acid groups (broad SMARTS) is 1. The van der Waals surface area contributed by atoms with Gasteiger partial charge in [0.2, 0.25) is 5.65 Å². The zero-order valence-corrected chi connectivity index (χ0v) is 12.0. The van der Waals surface area contributed by atoms with E-state index in [1.165, 1.54) is 0 Å². The van der Waals surface area contributed by atoms with Gasteiger partial charge in [0.25, 0.3) is 0 Å². The van der Waals surface area contributed by atoms with Crippen LogP contribution in [0.3, 0.4) is 0 Å². The molecule has 2 unspecified atom stereocenters. The number of aromatic nitrogens is 4. The van der Waals surface area contributed by atoms with Gasteiger partial charge in [0.1, 0.15) is 5.82 Å². The summed E-state index contributed by atoms with van der Waals surface area (Å²) in [6, 6.07) is 0. The Bertz CT molecular complexity index is 654. The van der Waals surface area contributed by atoms with Gasteiger partial charge in [0, 0.05) is 18.9 Å². The van der Waals surface area contributed by atoms with Gasteiger partial charge in [-0.3, -0.25) is 9.20 Å². The van der Waals surface area contributed by atoms with Crippen LogP contribution in [0.25, 0.3) is 5.65 Å². The second-order valence-electron chi connectivity index (χ2n) is 5.59. The maximum absolute atomic E-state index is 11.3. The van der Waals surface area contributed by atoms with Crippen LogP contribution >= 0.6 is 0 Å². The first-order valence-electron chi connectivity index (χ1n) is 7.30. The average molecular weight is 289 g/mol. The van der Waals surface area contributed by atoms with Crippen LogP contribution in [0.4, 0.5) is 5.82 Å². The number of aryl methyl sites for hydroxylation is 1. The third kappa shape index (κ3) is 2.68. The molecule has 112 valence electrons. The van der Waals surface area contributed by atoms with Crippen molar-refractivity contribution in [1.82, 2.24) is 19.6 Å². The van der Waals surface area contributed by atoms with Crippen molar-refractivity contribution in [1.29, 1.82) is 0 Å². The number of hydrogen-bond acceptors (Lipinski definition) is 5. The van der Waals surface area contributed by atoms with E-state index in [9.17, 15) is 9.90 Å². The molecule has 0 aromatic carbocycles. The first-order chi connectivity index (χ1) is 10.2. The molecule has 0 aliphatic heterocycles. The van der Waals surface area contributed by atoms with Crippen molar-refractivity contribution in [2.45, 2.75) is 32.6 Å². The van der Waals surface area contributed by atoms with Crippen LogP contribution in [0.2, 0.25) is 0 Å². The van der Waals surface area contributed by atoms with Crippen molar-refractivity contribution in [3.05, 3.63) is 18.2 Å². The number of anilines is 1. The van der Waals surface area contributed by atoms with Crippen LogP contribution in [0.1, 0.15) is 31.5 Å². The molecule has 2 aromatic rings. The zero-order chi connectivity index (χ0) is 14.8. The van der Waals surface area contributed by atoms with Crippen molar-refractivity contribution in [3.63, 3.8) is 0 Å². The molecule has 1 fully saturated rings. The molecule has 3 rings (SSSR count). The summed E-state index contributed by atoms with van der Waals surface area (Å²) in [7, 11) is 0. The highest BCUT2D eigenvalue weighted by Crippen LogP contribution is 2.30. The van der Waals surface area contributed by atoms with Gasteiger partial charge in [-0.15, -0.1) is 10.2 Å². The SMILES string of the molecule is Cc1nnc2c(NCC3CCCCC3C(=O)O)nccn12. The summed E-state index contributed by atoms with van der Waals surface area (Å²) in [5, 5.41) is 20.7. The summed E-state index contributed by atoms with van der Waals surface area (Å²) >= 11 is 0. The molecule has 2 aromatic heterocycles. The molecule has 7 nitrogen and oxygen atoms in total. The largest absolute Gasteiger partial charge is 0.481 e. The van der Waals surface area contributed by atoms with E-state index in [0.29, 0.717) is 18.0 Å². The molecule has 2 atom stereocenters. The fourth-order valence-corrected chi connectivity index (χ4v) is 3.07. The summed E-state index contributed by atoms with van der Waals surface area (Å²) < 4.78 is 1.87. The van der Waals surface area contributed by atoms with E-state index in [4.69, 9.17) is 0 Å². The van der Waals surface area contributed by atoms with Crippen molar-refractivity contribution in [3.8, 4) is 0 Å². The molecule has 0 spiro atoms. The Morgan fingerprint density at radius 3 is 3.05 bits per heavy atom. The van der Waals surface area contributed by atoms with Gasteiger partial charge in [0.15, 0.2) is 5.82 Å². The van der Waals surface area contributed by atoms with Crippen molar-refractivity contribution >= 4 is 17.4 Å². The monoisotopic (exact) mass is 289 g/mol. The van der Waals surface area contributed by atoms with E-state index >= 15 is 0 Å². The van der Waals surface area contributed by atoms with Crippen LogP contribution < -0.4 is 5.32 Å². The molecule has 2 N–H and O–H groups in total. The van der Waals surface area contributed by atoms with E-state index in [-0.39, 0.29) is 11.8 Å². The molecular formula is C14H19N5O2. The average Bonchev–Trinajstić information content (AvgIpc) is 2.87. The zero-order valence-electron chi connectivity index (χ0n) is 12.0. The van der Waals surface area contributed by atoms with Gasteiger partial charge in [0.05, 0.1) is 5.92 Å². The highest BCUT2D eigenvalue weighted by Gasteiger charge is 2.30. The van der Waals surface area contributed by atoms with Crippen molar-refractivity contribution < 1.29 is 9.90 Å². The summed E-state index contributed by atoms with van der Waals surface area (Å²) in [5.41, 5.74) is 0.678. The first-order valence-corrected chi connectivity index (χ1v) is 7.30. The minimum Gasteiger partial charge on any atom is -0.481 e. The Morgan fingerprint density at radius 1 is 1.43 bits per heavy atom. The molecule has 1 saturated carbocycles. The molecule has 21 heavy (non-hydrogen) atoms. The minimum absolute atomic E-state index is 0.141. The van der Waals surface area contributed by atoms with E-state index in [1.54, 1.807) is 6.20 Å². The van der Waals surface area contributed by atoms with Crippen LogP contribution in [-0.2, 0) is 4.79 Å². The molecule has 0 amide bonds. The lowest BCUT2D eigenvalue weighted by Crippen LogP contribution is -2.32. The Labute approximate surface area is 122 Å². The van der Waals surface area contributed by atoms with Gasteiger partial charge >= 0.3 is 5.97 Å². The Morgan fingerprint density at radius 2 is 2.24 bits per heavy atom. The van der Waals surface area contributed by atoms with Gasteiger partial charge in [-0.25, -0.2) is 4.98 Å². The van der Waals surface area contributed by atoms with Gasteiger partial charge in [-0.2, -0.15) is 0 Å². The molecule has 7 heteroatoms. The van der Waals surface area contributed by atoms with E-state index < -0.39 is 5.97 Å². The third-order valence-corrected chi connectivity index (χ3v) is 4.26. The number of nitrogens with zero attached hydrogens (tertiary/aromatic N) is 4. The summed E-state index contributed by atoms with van der Waals surface area (Å²) in [6.07, 6.45) is 7.32. The first kappa shape index (κ1) is 13.8. The number of hydrogen-bond donors (Lipinski definition) is 2. The fraction of sp³-hybridized carbons (Fsp3) is 0.571. The second kappa shape index (κ2) is 5.67. The molecular weight excluding hydrogens is 270 g/mol. The lowest BCUT2D eigenvalue weighted by Gasteiger charge is -2.28. The lowest BCUT2D eigenvalue weighted by molar-refractivity contribution is -0.144. The van der Waals surface area contributed by atoms with E-state index in [0.717, 1.165) is 31.5 Å². The number of rotatable bonds is 4. The predicted octanol–water partition coefficient (Wildman–Crippen LogP) is 1.74. The summed E-state index contributed by atoms with van der Waals surface area (Å²) in [6.45, 7) is 2.49. The number of carboxylic acids is 1. The lowest BCUT2D eigenvalue weighted by atomic mass is 9.79. The minimum atomic E-state index is -0.689. The molecule has 1 aliphatic carbocycles. The van der Waals surface area contributed by atoms with Crippen LogP contribution in [0.15, 0.2) is 12.4 Å². The van der Waals surface area contributed by atoms with Gasteiger partial charge < -0.3 is 10.4 Å². The molecule has 0 bridgehead atoms. The topological polar surface area (TPSA) is 92.4 Å². The highest BCUT2D eigenvalue weighted by molar-refractivity contribution is 5.70. The fourth-order valence-electron chi connectivity index (χ4n) is 3.07. The van der Waals surface area contributed by atoms with Gasteiger partial charge in [-0.1, -0.05) is 12.8 Å². The summed E-state index contributed by atoms with van der Waals surface area (Å²) in [4.78, 5) is 15.6. The Hall–Kier alpha value is -2.18. The second-order valence-corrected chi connectivity index (χ2v) is 5.59. The predicted molar refractivity (Wildman–Crippen MR) is 77.1 cm³/mol. The third-order valence-electron chi connectivity index (χ3n) is 4.26. The normalized spacial score (nSPS) is 22.3. The molecule has 2 heterocycles. The maximum Gasteiger partial charge on any atom is 0.306 e. The number of carbonyl (C=O) groups is 1. The molecule has 1 aliphatic rings. The smallest absolute Gasteiger partial charge is 0.306 e. The quantitative estimate of drug-likeness (QED) is 0.890. The molecule has 0 radical (unpaired) electrons. The standard InChI is InChI=1S/C14H19N5O2/c1-9-17-18-13-12(15-6-7-19(9)13)16-8-10-4-2-3-5-11(10)14(20)21/h6-7,10-11H,2-5,8H2,1H3,(H,15,16)(H,20,21). The highest BCUT2D eigenvalue weighted by atomic mass is 16.4.